The number of carbonyl (C=O) groups is 1. The van der Waals surface area contributed by atoms with E-state index in [1.165, 1.54) is 0 Å². The number of amides is 1. The van der Waals surface area contributed by atoms with Gasteiger partial charge in [-0.05, 0) is 17.7 Å². The number of hydrogen-bond donors (Lipinski definition) is 2. The van der Waals surface area contributed by atoms with E-state index in [1.54, 1.807) is 0 Å². The number of rotatable bonds is 7. The van der Waals surface area contributed by atoms with Gasteiger partial charge in [0, 0.05) is 6.42 Å². The van der Waals surface area contributed by atoms with Crippen LogP contribution in [-0.4, -0.2) is 24.0 Å². The molecular formula is C17H19NO4. The summed E-state index contributed by atoms with van der Waals surface area (Å²) < 4.78 is 10.4. The lowest BCUT2D eigenvalue weighted by Gasteiger charge is -2.13. The molecule has 2 N–H and O–H groups in total. The highest BCUT2D eigenvalue weighted by Gasteiger charge is 2.10. The zero-order chi connectivity index (χ0) is 15.6. The first kappa shape index (κ1) is 15.9. The monoisotopic (exact) mass is 301 g/mol. The lowest BCUT2D eigenvalue weighted by molar-refractivity contribution is 0.0816. The molecule has 0 bridgehead atoms. The number of carbonyl (C=O) groups excluding carboxylic acids is 1. The fraction of sp³-hybridized carbons (Fsp3) is 0.235. The molecule has 0 saturated carbocycles. The average Bonchev–Trinajstić information content (AvgIpc) is 2.55. The number of alkyl carbamates (subject to hydrolysis) is 1. The van der Waals surface area contributed by atoms with Crippen LogP contribution in [-0.2, 0) is 11.3 Å². The maximum Gasteiger partial charge on any atom is 0.409 e. The molecule has 0 spiro atoms. The van der Waals surface area contributed by atoms with Gasteiger partial charge in [0.05, 0.1) is 6.61 Å². The van der Waals surface area contributed by atoms with Crippen molar-refractivity contribution in [2.24, 2.45) is 0 Å². The van der Waals surface area contributed by atoms with Crippen LogP contribution in [0.4, 0.5) is 4.79 Å². The van der Waals surface area contributed by atoms with Crippen molar-refractivity contribution < 1.29 is 19.4 Å². The van der Waals surface area contributed by atoms with Gasteiger partial charge in [-0.15, -0.1) is 0 Å². The number of hydrogen-bond acceptors (Lipinski definition) is 4. The second-order valence-corrected chi connectivity index (χ2v) is 4.67. The summed E-state index contributed by atoms with van der Waals surface area (Å²) in [4.78, 5) is 11.5. The van der Waals surface area contributed by atoms with Crippen LogP contribution in [0, 0.1) is 0 Å². The van der Waals surface area contributed by atoms with Gasteiger partial charge in [0.15, 0.2) is 0 Å². The molecule has 0 heterocycles. The van der Waals surface area contributed by atoms with Gasteiger partial charge in [0.25, 0.3) is 0 Å². The molecule has 5 nitrogen and oxygen atoms in total. The van der Waals surface area contributed by atoms with E-state index in [-0.39, 0.29) is 13.0 Å². The topological polar surface area (TPSA) is 67.8 Å². The Morgan fingerprint density at radius 1 is 1.05 bits per heavy atom. The van der Waals surface area contributed by atoms with E-state index in [9.17, 15) is 9.90 Å². The zero-order valence-electron chi connectivity index (χ0n) is 12.1. The van der Waals surface area contributed by atoms with Gasteiger partial charge in [0.1, 0.15) is 18.6 Å². The summed E-state index contributed by atoms with van der Waals surface area (Å²) >= 11 is 0. The highest BCUT2D eigenvalue weighted by atomic mass is 16.6. The molecule has 2 rings (SSSR count). The third kappa shape index (κ3) is 5.85. The number of aliphatic hydroxyl groups is 1. The smallest absolute Gasteiger partial charge is 0.409 e. The van der Waals surface area contributed by atoms with Gasteiger partial charge in [-0.25, -0.2) is 4.79 Å². The van der Waals surface area contributed by atoms with Gasteiger partial charge in [-0.3, -0.25) is 5.32 Å². The Balaban J connectivity index is 1.62. The molecule has 0 aromatic heterocycles. The normalized spacial score (nSPS) is 11.5. The first-order valence-electron chi connectivity index (χ1n) is 7.07. The molecule has 1 atom stereocenters. The van der Waals surface area contributed by atoms with E-state index in [2.05, 4.69) is 5.32 Å². The van der Waals surface area contributed by atoms with Crippen molar-refractivity contribution in [1.29, 1.82) is 0 Å². The van der Waals surface area contributed by atoms with Crippen molar-refractivity contribution >= 4 is 6.09 Å². The molecule has 1 amide bonds. The predicted molar refractivity (Wildman–Crippen MR) is 82.3 cm³/mol. The second-order valence-electron chi connectivity index (χ2n) is 4.67. The van der Waals surface area contributed by atoms with Crippen LogP contribution in [0.25, 0.3) is 0 Å². The van der Waals surface area contributed by atoms with Crippen molar-refractivity contribution in [3.63, 3.8) is 0 Å². The fourth-order valence-electron chi connectivity index (χ4n) is 1.78. The number of nitrogens with one attached hydrogen (secondary N) is 1. The first-order valence-corrected chi connectivity index (χ1v) is 7.07. The standard InChI is InChI=1S/C17H19NO4/c19-16(11-12-21-15-9-5-2-6-10-15)18-17(20)22-13-14-7-3-1-4-8-14/h1-10,16,19H,11-13H2,(H,18,20). The summed E-state index contributed by atoms with van der Waals surface area (Å²) in [5.41, 5.74) is 0.888. The maximum absolute atomic E-state index is 11.5. The summed E-state index contributed by atoms with van der Waals surface area (Å²) in [6, 6.07) is 18.6. The SMILES string of the molecule is O=C(NC(O)CCOc1ccccc1)OCc1ccccc1. The van der Waals surface area contributed by atoms with Gasteiger partial charge in [-0.2, -0.15) is 0 Å². The Hall–Kier alpha value is -2.53. The maximum atomic E-state index is 11.5. The number of para-hydroxylation sites is 1. The number of ether oxygens (including phenoxy) is 2. The molecule has 0 radical (unpaired) electrons. The van der Waals surface area contributed by atoms with E-state index in [0.29, 0.717) is 6.61 Å². The Morgan fingerprint density at radius 2 is 1.68 bits per heavy atom. The Labute approximate surface area is 129 Å². The Bertz CT molecular complexity index is 559. The zero-order valence-corrected chi connectivity index (χ0v) is 12.1. The molecule has 5 heteroatoms. The van der Waals surface area contributed by atoms with Gasteiger partial charge < -0.3 is 14.6 Å². The van der Waals surface area contributed by atoms with Crippen molar-refractivity contribution in [1.82, 2.24) is 5.32 Å². The first-order chi connectivity index (χ1) is 10.7. The molecule has 116 valence electrons. The molecule has 0 saturated heterocycles. The molecule has 22 heavy (non-hydrogen) atoms. The minimum absolute atomic E-state index is 0.167. The minimum Gasteiger partial charge on any atom is -0.493 e. The lowest BCUT2D eigenvalue weighted by Crippen LogP contribution is -2.36. The van der Waals surface area contributed by atoms with Crippen LogP contribution in [0.15, 0.2) is 60.7 Å². The molecular weight excluding hydrogens is 282 g/mol. The van der Waals surface area contributed by atoms with Gasteiger partial charge in [0.2, 0.25) is 0 Å². The van der Waals surface area contributed by atoms with Crippen molar-refractivity contribution in [2.45, 2.75) is 19.3 Å². The quantitative estimate of drug-likeness (QED) is 0.772. The fourth-order valence-corrected chi connectivity index (χ4v) is 1.78. The highest BCUT2D eigenvalue weighted by Crippen LogP contribution is 2.08. The van der Waals surface area contributed by atoms with E-state index >= 15 is 0 Å². The molecule has 0 aliphatic carbocycles. The van der Waals surface area contributed by atoms with Crippen LogP contribution >= 0.6 is 0 Å². The summed E-state index contributed by atoms with van der Waals surface area (Å²) in [6.07, 6.45) is -1.39. The number of aliphatic hydroxyl groups excluding tert-OH is 1. The van der Waals surface area contributed by atoms with Gasteiger partial charge in [-0.1, -0.05) is 48.5 Å². The third-order valence-corrected chi connectivity index (χ3v) is 2.90. The lowest BCUT2D eigenvalue weighted by atomic mass is 10.2. The molecule has 0 fully saturated rings. The van der Waals surface area contributed by atoms with E-state index in [4.69, 9.17) is 9.47 Å². The summed E-state index contributed by atoms with van der Waals surface area (Å²) in [5.74, 6) is 0.723. The Morgan fingerprint density at radius 3 is 2.36 bits per heavy atom. The predicted octanol–water partition coefficient (Wildman–Crippen LogP) is 2.70. The van der Waals surface area contributed by atoms with Gasteiger partial charge >= 0.3 is 6.09 Å². The Kier molecular flexibility index (Phi) is 6.26. The second kappa shape index (κ2) is 8.69. The summed E-state index contributed by atoms with van der Waals surface area (Å²) in [7, 11) is 0. The van der Waals surface area contributed by atoms with Crippen molar-refractivity contribution in [2.75, 3.05) is 6.61 Å². The van der Waals surface area contributed by atoms with E-state index in [0.717, 1.165) is 11.3 Å². The van der Waals surface area contributed by atoms with Crippen molar-refractivity contribution in [3.8, 4) is 5.75 Å². The van der Waals surface area contributed by atoms with Crippen LogP contribution in [0.2, 0.25) is 0 Å². The molecule has 0 aliphatic rings. The van der Waals surface area contributed by atoms with Crippen molar-refractivity contribution in [3.05, 3.63) is 66.2 Å². The average molecular weight is 301 g/mol. The molecule has 2 aromatic rings. The largest absolute Gasteiger partial charge is 0.493 e. The van der Waals surface area contributed by atoms with Crippen LogP contribution in [0.1, 0.15) is 12.0 Å². The summed E-state index contributed by atoms with van der Waals surface area (Å²) in [5, 5.41) is 12.1. The van der Waals surface area contributed by atoms with E-state index in [1.807, 2.05) is 60.7 Å². The molecule has 0 aliphatic heterocycles. The van der Waals surface area contributed by atoms with Crippen LogP contribution in [0.5, 0.6) is 5.75 Å². The third-order valence-electron chi connectivity index (χ3n) is 2.90. The highest BCUT2D eigenvalue weighted by molar-refractivity contribution is 5.67. The minimum atomic E-state index is -1.01. The van der Waals surface area contributed by atoms with Crippen LogP contribution < -0.4 is 10.1 Å². The molecule has 1 unspecified atom stereocenters. The molecule has 2 aromatic carbocycles. The number of benzene rings is 2. The van der Waals surface area contributed by atoms with Crippen LogP contribution in [0.3, 0.4) is 0 Å². The van der Waals surface area contributed by atoms with E-state index < -0.39 is 12.3 Å². The summed E-state index contributed by atoms with van der Waals surface area (Å²) in [6.45, 7) is 0.462.